The molecule has 110 valence electrons. The Labute approximate surface area is 120 Å². The molecule has 0 spiro atoms. The minimum atomic E-state index is 0.219. The second-order valence-corrected chi connectivity index (χ2v) is 6.13. The smallest absolute Gasteiger partial charge is 0.213 e. The Morgan fingerprint density at radius 3 is 2.60 bits per heavy atom. The Morgan fingerprint density at radius 2 is 2.00 bits per heavy atom. The lowest BCUT2D eigenvalue weighted by Crippen LogP contribution is -2.35. The van der Waals surface area contributed by atoms with Crippen molar-refractivity contribution in [2.45, 2.75) is 70.4 Å². The van der Waals surface area contributed by atoms with Crippen LogP contribution in [-0.2, 0) is 11.3 Å². The lowest BCUT2D eigenvalue weighted by molar-refractivity contribution is -0.0729. The van der Waals surface area contributed by atoms with E-state index in [0.717, 1.165) is 31.3 Å². The van der Waals surface area contributed by atoms with Crippen LogP contribution in [0, 0.1) is 0 Å². The van der Waals surface area contributed by atoms with Gasteiger partial charge in [0.25, 0.3) is 0 Å². The third-order valence-electron chi connectivity index (χ3n) is 3.91. The summed E-state index contributed by atoms with van der Waals surface area (Å²) in [5, 5.41) is 3.49. The molecular weight excluding hydrogens is 252 g/mol. The van der Waals surface area contributed by atoms with Crippen LogP contribution in [0.4, 0.5) is 0 Å². The SMILES string of the molecule is CC1CC(Oc2ccc(CNC3CC3)cn2)CC(C)O1. The van der Waals surface area contributed by atoms with Gasteiger partial charge in [-0.3, -0.25) is 0 Å². The van der Waals surface area contributed by atoms with Gasteiger partial charge in [-0.2, -0.15) is 0 Å². The number of pyridine rings is 1. The van der Waals surface area contributed by atoms with E-state index in [9.17, 15) is 0 Å². The molecule has 1 saturated heterocycles. The van der Waals surface area contributed by atoms with E-state index in [1.54, 1.807) is 0 Å². The van der Waals surface area contributed by atoms with Gasteiger partial charge in [0.15, 0.2) is 0 Å². The molecule has 1 aliphatic carbocycles. The minimum absolute atomic E-state index is 0.219. The largest absolute Gasteiger partial charge is 0.474 e. The molecule has 1 N–H and O–H groups in total. The average Bonchev–Trinajstić information content (AvgIpc) is 3.21. The van der Waals surface area contributed by atoms with E-state index in [1.165, 1.54) is 18.4 Å². The molecule has 2 aliphatic rings. The lowest BCUT2D eigenvalue weighted by Gasteiger charge is -2.31. The van der Waals surface area contributed by atoms with E-state index in [-0.39, 0.29) is 18.3 Å². The Balaban J connectivity index is 1.51. The van der Waals surface area contributed by atoms with Gasteiger partial charge in [0.05, 0.1) is 12.2 Å². The highest BCUT2D eigenvalue weighted by molar-refractivity contribution is 5.18. The van der Waals surface area contributed by atoms with Crippen LogP contribution >= 0.6 is 0 Å². The van der Waals surface area contributed by atoms with Gasteiger partial charge >= 0.3 is 0 Å². The van der Waals surface area contributed by atoms with Gasteiger partial charge in [0.1, 0.15) is 6.10 Å². The summed E-state index contributed by atoms with van der Waals surface area (Å²) in [6.45, 7) is 5.11. The van der Waals surface area contributed by atoms with Crippen LogP contribution in [-0.4, -0.2) is 29.3 Å². The van der Waals surface area contributed by atoms with Crippen molar-refractivity contribution in [3.05, 3.63) is 23.9 Å². The number of aromatic nitrogens is 1. The molecule has 0 amide bonds. The Morgan fingerprint density at radius 1 is 1.25 bits per heavy atom. The van der Waals surface area contributed by atoms with Crippen molar-refractivity contribution in [3.8, 4) is 5.88 Å². The van der Waals surface area contributed by atoms with Crippen molar-refractivity contribution in [1.29, 1.82) is 0 Å². The molecule has 20 heavy (non-hydrogen) atoms. The van der Waals surface area contributed by atoms with Gasteiger partial charge in [0, 0.05) is 37.7 Å². The predicted molar refractivity (Wildman–Crippen MR) is 77.8 cm³/mol. The molecule has 0 bridgehead atoms. The van der Waals surface area contributed by atoms with Crippen molar-refractivity contribution >= 4 is 0 Å². The Bertz CT molecular complexity index is 421. The van der Waals surface area contributed by atoms with E-state index in [2.05, 4.69) is 30.2 Å². The lowest BCUT2D eigenvalue weighted by atomic mass is 10.0. The molecule has 1 aliphatic heterocycles. The summed E-state index contributed by atoms with van der Waals surface area (Å²) in [6, 6.07) is 4.81. The monoisotopic (exact) mass is 276 g/mol. The normalized spacial score (nSPS) is 30.2. The summed E-state index contributed by atoms with van der Waals surface area (Å²) in [5.41, 5.74) is 1.22. The third-order valence-corrected chi connectivity index (χ3v) is 3.91. The number of ether oxygens (including phenoxy) is 2. The molecule has 1 aromatic rings. The molecule has 3 rings (SSSR count). The number of nitrogens with zero attached hydrogens (tertiary/aromatic N) is 1. The first-order valence-corrected chi connectivity index (χ1v) is 7.69. The van der Waals surface area contributed by atoms with Crippen molar-refractivity contribution in [1.82, 2.24) is 10.3 Å². The quantitative estimate of drug-likeness (QED) is 0.898. The molecule has 4 nitrogen and oxygen atoms in total. The highest BCUT2D eigenvalue weighted by Gasteiger charge is 2.26. The van der Waals surface area contributed by atoms with Crippen molar-refractivity contribution in [3.63, 3.8) is 0 Å². The van der Waals surface area contributed by atoms with Crippen LogP contribution in [0.3, 0.4) is 0 Å². The second-order valence-electron chi connectivity index (χ2n) is 6.13. The molecule has 4 heteroatoms. The minimum Gasteiger partial charge on any atom is -0.474 e. The predicted octanol–water partition coefficient (Wildman–Crippen LogP) is 2.67. The maximum atomic E-state index is 5.98. The zero-order chi connectivity index (χ0) is 13.9. The van der Waals surface area contributed by atoms with E-state index in [1.807, 2.05) is 12.3 Å². The number of rotatable bonds is 5. The highest BCUT2D eigenvalue weighted by atomic mass is 16.5. The third kappa shape index (κ3) is 3.93. The number of hydrogen-bond donors (Lipinski definition) is 1. The van der Waals surface area contributed by atoms with Crippen molar-refractivity contribution in [2.75, 3.05) is 0 Å². The molecule has 2 heterocycles. The summed E-state index contributed by atoms with van der Waals surface area (Å²) >= 11 is 0. The zero-order valence-electron chi connectivity index (χ0n) is 12.3. The fourth-order valence-corrected chi connectivity index (χ4v) is 2.75. The van der Waals surface area contributed by atoms with E-state index in [4.69, 9.17) is 9.47 Å². The first kappa shape index (κ1) is 13.8. The van der Waals surface area contributed by atoms with Crippen LogP contribution in [0.1, 0.15) is 45.1 Å². The van der Waals surface area contributed by atoms with Crippen LogP contribution < -0.4 is 10.1 Å². The van der Waals surface area contributed by atoms with Gasteiger partial charge < -0.3 is 14.8 Å². The molecule has 0 radical (unpaired) electrons. The first-order chi connectivity index (χ1) is 9.69. The van der Waals surface area contributed by atoms with Gasteiger partial charge in [-0.05, 0) is 32.3 Å². The van der Waals surface area contributed by atoms with E-state index < -0.39 is 0 Å². The Kier molecular flexibility index (Phi) is 4.22. The van der Waals surface area contributed by atoms with Crippen molar-refractivity contribution < 1.29 is 9.47 Å². The maximum absolute atomic E-state index is 5.98. The topological polar surface area (TPSA) is 43.4 Å². The number of nitrogens with one attached hydrogen (secondary N) is 1. The molecule has 1 aromatic heterocycles. The fraction of sp³-hybridized carbons (Fsp3) is 0.688. The van der Waals surface area contributed by atoms with Crippen LogP contribution in [0.15, 0.2) is 18.3 Å². The van der Waals surface area contributed by atoms with Gasteiger partial charge in [-0.25, -0.2) is 4.98 Å². The van der Waals surface area contributed by atoms with Crippen molar-refractivity contribution in [2.24, 2.45) is 0 Å². The average molecular weight is 276 g/mol. The summed E-state index contributed by atoms with van der Waals surface area (Å²) < 4.78 is 11.7. The molecule has 1 saturated carbocycles. The van der Waals surface area contributed by atoms with Gasteiger partial charge in [-0.15, -0.1) is 0 Å². The molecular formula is C16H24N2O2. The summed E-state index contributed by atoms with van der Waals surface area (Å²) in [6.07, 6.45) is 7.18. The first-order valence-electron chi connectivity index (χ1n) is 7.69. The summed E-state index contributed by atoms with van der Waals surface area (Å²) in [7, 11) is 0. The molecule has 2 fully saturated rings. The standard InChI is InChI=1S/C16H24N2O2/c1-11-7-15(8-12(2)19-11)20-16-6-3-13(10-18-16)9-17-14-4-5-14/h3,6,10-12,14-15,17H,4-5,7-9H2,1-2H3. The van der Waals surface area contributed by atoms with Crippen LogP contribution in [0.2, 0.25) is 0 Å². The molecule has 0 aromatic carbocycles. The maximum Gasteiger partial charge on any atom is 0.213 e. The van der Waals surface area contributed by atoms with Crippen LogP contribution in [0.5, 0.6) is 5.88 Å². The second kappa shape index (κ2) is 6.10. The fourth-order valence-electron chi connectivity index (χ4n) is 2.75. The number of hydrogen-bond acceptors (Lipinski definition) is 4. The summed E-state index contributed by atoms with van der Waals surface area (Å²) in [5.74, 6) is 0.728. The molecule has 2 unspecified atom stereocenters. The van der Waals surface area contributed by atoms with Gasteiger partial charge in [-0.1, -0.05) is 6.07 Å². The summed E-state index contributed by atoms with van der Waals surface area (Å²) in [4.78, 5) is 4.42. The Hall–Kier alpha value is -1.13. The van der Waals surface area contributed by atoms with Gasteiger partial charge in [0.2, 0.25) is 5.88 Å². The molecule has 2 atom stereocenters. The van der Waals surface area contributed by atoms with E-state index >= 15 is 0 Å². The zero-order valence-corrected chi connectivity index (χ0v) is 12.3. The highest BCUT2D eigenvalue weighted by Crippen LogP contribution is 2.23. The van der Waals surface area contributed by atoms with E-state index in [0.29, 0.717) is 0 Å². The van der Waals surface area contributed by atoms with Crippen LogP contribution in [0.25, 0.3) is 0 Å².